The second-order valence-electron chi connectivity index (χ2n) is 15.8. The summed E-state index contributed by atoms with van der Waals surface area (Å²) >= 11 is 0. The number of amides is 4. The molecule has 2 heterocycles. The number of hydrogen-bond donors (Lipinski definition) is 5. The molecule has 0 radical (unpaired) electrons. The van der Waals surface area contributed by atoms with Gasteiger partial charge < -0.3 is 30.7 Å². The molecule has 0 unspecified atom stereocenters. The predicted octanol–water partition coefficient (Wildman–Crippen LogP) is 4.28. The summed E-state index contributed by atoms with van der Waals surface area (Å²) in [4.78, 5) is 57.1. The van der Waals surface area contributed by atoms with E-state index in [1.54, 1.807) is 24.3 Å². The third-order valence-corrected chi connectivity index (χ3v) is 10.4. The molecule has 1 saturated heterocycles. The Balaban J connectivity index is 1.11. The largest absolute Gasteiger partial charge is 0.444 e. The molecule has 4 aromatic rings. The lowest BCUT2D eigenvalue weighted by atomic mass is 9.81. The van der Waals surface area contributed by atoms with Gasteiger partial charge in [0.05, 0.1) is 6.61 Å². The SMILES string of the molecule is CC(C)(C)OC(=O)NCC1CCC(C(=O)N[C@@H](Cc2cccc(-c3ccc(C(=O)N4CCN(CCO)CC4)cc3)c2)C(=O)Nc2ccc(-c3nn[nH]n3)cc2)CC1. The van der Waals surface area contributed by atoms with Gasteiger partial charge in [0, 0.05) is 68.4 Å². The number of aliphatic hydroxyl groups is 1. The first-order valence-electron chi connectivity index (χ1n) is 19.7. The second-order valence-corrected chi connectivity index (χ2v) is 15.8. The van der Waals surface area contributed by atoms with Crippen LogP contribution in [0.5, 0.6) is 0 Å². The van der Waals surface area contributed by atoms with Crippen LogP contribution in [0.2, 0.25) is 0 Å². The lowest BCUT2D eigenvalue weighted by Crippen LogP contribution is -2.49. The molecule has 2 fully saturated rings. The molecular weight excluding hydrogens is 727 g/mol. The van der Waals surface area contributed by atoms with Crippen LogP contribution in [0.25, 0.3) is 22.5 Å². The molecule has 5 N–H and O–H groups in total. The average Bonchev–Trinajstić information content (AvgIpc) is 3.75. The van der Waals surface area contributed by atoms with Gasteiger partial charge in [-0.05, 0) is 111 Å². The Hall–Kier alpha value is -5.67. The number of carbonyl (C=O) groups excluding carboxylic acids is 4. The number of nitrogens with one attached hydrogen (secondary N) is 4. The van der Waals surface area contributed by atoms with E-state index in [4.69, 9.17) is 4.74 Å². The number of piperazine rings is 1. The third-order valence-electron chi connectivity index (χ3n) is 10.4. The number of aliphatic hydroxyl groups excluding tert-OH is 1. The Bertz CT molecular complexity index is 1950. The summed E-state index contributed by atoms with van der Waals surface area (Å²) in [6.45, 7) is 9.39. The molecule has 57 heavy (non-hydrogen) atoms. The number of ether oxygens (including phenoxy) is 1. The molecule has 3 aromatic carbocycles. The zero-order valence-corrected chi connectivity index (χ0v) is 32.9. The number of benzene rings is 3. The number of tetrazole rings is 1. The molecule has 1 atom stereocenters. The smallest absolute Gasteiger partial charge is 0.407 e. The minimum Gasteiger partial charge on any atom is -0.444 e. The van der Waals surface area contributed by atoms with Gasteiger partial charge in [-0.25, -0.2) is 4.79 Å². The van der Waals surface area contributed by atoms with Crippen LogP contribution >= 0.6 is 0 Å². The summed E-state index contributed by atoms with van der Waals surface area (Å²) in [5.74, 6) is -0.131. The molecule has 4 amide bonds. The number of β-amino-alcohol motifs (C(OH)–C–C–N with tert-alkyl or cyclic N) is 1. The van der Waals surface area contributed by atoms with Crippen molar-refractivity contribution < 1.29 is 29.0 Å². The highest BCUT2D eigenvalue weighted by Crippen LogP contribution is 2.29. The number of alkyl carbamates (subject to hydrolysis) is 1. The standard InChI is InChI=1S/C42H53N9O6/c1-42(2,3)57-41(56)43-27-28-7-9-32(10-8-28)38(53)45-36(39(54)44-35-17-15-31(16-18-35)37-46-48-49-47-37)26-29-5-4-6-34(25-29)30-11-13-33(14-12-30)40(55)51-21-19-50(20-22-51)23-24-52/h4-6,11-18,25,28,32,36,52H,7-10,19-24,26-27H2,1-3H3,(H,43,56)(H,44,54)(H,45,53)(H,46,47,48,49)/t28?,32?,36-/m0/s1. The summed E-state index contributed by atoms with van der Waals surface area (Å²) in [6.07, 6.45) is 2.63. The first-order chi connectivity index (χ1) is 27.4. The van der Waals surface area contributed by atoms with E-state index in [0.717, 1.165) is 48.2 Å². The highest BCUT2D eigenvalue weighted by molar-refractivity contribution is 5.98. The Kier molecular flexibility index (Phi) is 13.6. The lowest BCUT2D eigenvalue weighted by Gasteiger charge is -2.34. The summed E-state index contributed by atoms with van der Waals surface area (Å²) in [5.41, 5.74) is 4.03. The molecule has 1 aliphatic heterocycles. The number of H-pyrrole nitrogens is 1. The van der Waals surface area contributed by atoms with Crippen molar-refractivity contribution in [3.63, 3.8) is 0 Å². The maximum atomic E-state index is 13.9. The number of rotatable bonds is 13. The van der Waals surface area contributed by atoms with Crippen LogP contribution in [-0.2, 0) is 20.7 Å². The molecule has 0 bridgehead atoms. The maximum Gasteiger partial charge on any atom is 0.407 e. The van der Waals surface area contributed by atoms with Crippen molar-refractivity contribution in [3.8, 4) is 22.5 Å². The van der Waals surface area contributed by atoms with E-state index >= 15 is 0 Å². The number of hydrogen-bond acceptors (Lipinski definition) is 10. The van der Waals surface area contributed by atoms with Crippen LogP contribution in [0.4, 0.5) is 10.5 Å². The summed E-state index contributed by atoms with van der Waals surface area (Å²) in [6, 6.07) is 21.6. The van der Waals surface area contributed by atoms with Crippen LogP contribution in [0, 0.1) is 11.8 Å². The molecule has 1 aliphatic carbocycles. The van der Waals surface area contributed by atoms with Gasteiger partial charge in [-0.3, -0.25) is 19.3 Å². The Morgan fingerprint density at radius 2 is 1.60 bits per heavy atom. The van der Waals surface area contributed by atoms with Crippen molar-refractivity contribution in [2.45, 2.75) is 64.5 Å². The van der Waals surface area contributed by atoms with Gasteiger partial charge in [-0.15, -0.1) is 10.2 Å². The van der Waals surface area contributed by atoms with Gasteiger partial charge in [0.15, 0.2) is 0 Å². The number of anilines is 1. The van der Waals surface area contributed by atoms with Gasteiger partial charge in [0.2, 0.25) is 17.6 Å². The first-order valence-corrected chi connectivity index (χ1v) is 19.7. The van der Waals surface area contributed by atoms with E-state index in [2.05, 4.69) is 41.5 Å². The zero-order chi connectivity index (χ0) is 40.4. The fourth-order valence-corrected chi connectivity index (χ4v) is 7.30. The van der Waals surface area contributed by atoms with Crippen molar-refractivity contribution in [1.29, 1.82) is 0 Å². The number of carbonyl (C=O) groups is 4. The Morgan fingerprint density at radius 1 is 0.895 bits per heavy atom. The molecule has 6 rings (SSSR count). The molecule has 15 heteroatoms. The highest BCUT2D eigenvalue weighted by atomic mass is 16.6. The van der Waals surface area contributed by atoms with Gasteiger partial charge in [0.1, 0.15) is 11.6 Å². The minimum atomic E-state index is -0.867. The molecule has 0 spiro atoms. The fraction of sp³-hybridized carbons (Fsp3) is 0.452. The molecule has 1 aromatic heterocycles. The maximum absolute atomic E-state index is 13.9. The molecule has 302 valence electrons. The van der Waals surface area contributed by atoms with E-state index < -0.39 is 17.7 Å². The van der Waals surface area contributed by atoms with E-state index in [0.29, 0.717) is 56.1 Å². The Labute approximate surface area is 332 Å². The number of aromatic amines is 1. The van der Waals surface area contributed by atoms with Crippen molar-refractivity contribution in [3.05, 3.63) is 83.9 Å². The fourth-order valence-electron chi connectivity index (χ4n) is 7.30. The van der Waals surface area contributed by atoms with Gasteiger partial charge in [-0.2, -0.15) is 5.21 Å². The van der Waals surface area contributed by atoms with E-state index in [-0.39, 0.29) is 42.6 Å². The van der Waals surface area contributed by atoms with Crippen molar-refractivity contribution in [2.75, 3.05) is 51.2 Å². The van der Waals surface area contributed by atoms with E-state index in [1.807, 2.05) is 74.2 Å². The quantitative estimate of drug-likeness (QED) is 0.131. The molecule has 15 nitrogen and oxygen atoms in total. The topological polar surface area (TPSA) is 195 Å². The van der Waals surface area contributed by atoms with Crippen LogP contribution in [0.3, 0.4) is 0 Å². The molecule has 1 saturated carbocycles. The van der Waals surface area contributed by atoms with Crippen LogP contribution in [-0.4, -0.2) is 117 Å². The minimum absolute atomic E-state index is 0.0149. The van der Waals surface area contributed by atoms with Crippen molar-refractivity contribution in [1.82, 2.24) is 41.1 Å². The van der Waals surface area contributed by atoms with Crippen LogP contribution in [0.15, 0.2) is 72.8 Å². The highest BCUT2D eigenvalue weighted by Gasteiger charge is 2.30. The van der Waals surface area contributed by atoms with Crippen LogP contribution < -0.4 is 16.0 Å². The van der Waals surface area contributed by atoms with Crippen molar-refractivity contribution in [2.24, 2.45) is 11.8 Å². The van der Waals surface area contributed by atoms with Crippen LogP contribution in [0.1, 0.15) is 62.4 Å². The second kappa shape index (κ2) is 19.0. The molecular formula is C42H53N9O6. The van der Waals surface area contributed by atoms with Gasteiger partial charge in [0.25, 0.3) is 5.91 Å². The summed E-state index contributed by atoms with van der Waals surface area (Å²) in [7, 11) is 0. The lowest BCUT2D eigenvalue weighted by molar-refractivity contribution is -0.130. The predicted molar refractivity (Wildman–Crippen MR) is 215 cm³/mol. The Morgan fingerprint density at radius 3 is 2.25 bits per heavy atom. The summed E-state index contributed by atoms with van der Waals surface area (Å²) in [5, 5.41) is 32.2. The molecule has 2 aliphatic rings. The van der Waals surface area contributed by atoms with Gasteiger partial charge >= 0.3 is 6.09 Å². The number of nitrogens with zero attached hydrogens (tertiary/aromatic N) is 5. The van der Waals surface area contributed by atoms with E-state index in [1.165, 1.54) is 0 Å². The first kappa shape index (κ1) is 41.0. The number of aromatic nitrogens is 4. The normalized spacial score (nSPS) is 18.0. The van der Waals surface area contributed by atoms with Crippen molar-refractivity contribution >= 4 is 29.5 Å². The third kappa shape index (κ3) is 11.7. The zero-order valence-electron chi connectivity index (χ0n) is 32.9. The van der Waals surface area contributed by atoms with E-state index in [9.17, 15) is 24.3 Å². The monoisotopic (exact) mass is 779 g/mol. The summed E-state index contributed by atoms with van der Waals surface area (Å²) < 4.78 is 5.36. The van der Waals surface area contributed by atoms with Gasteiger partial charge in [-0.1, -0.05) is 36.4 Å². The average molecular weight is 780 g/mol.